The van der Waals surface area contributed by atoms with Gasteiger partial charge in [-0.2, -0.15) is 0 Å². The molecule has 0 atom stereocenters. The van der Waals surface area contributed by atoms with Gasteiger partial charge < -0.3 is 14.5 Å². The Morgan fingerprint density at radius 2 is 1.85 bits per heavy atom. The monoisotopic (exact) mass is 379 g/mol. The minimum Gasteiger partial charge on any atom is -0.431 e. The molecule has 1 aliphatic heterocycles. The zero-order valence-electron chi connectivity index (χ0n) is 15.2. The topological polar surface area (TPSA) is 45.7 Å². The fourth-order valence-electron chi connectivity index (χ4n) is 3.20. The zero-order valence-corrected chi connectivity index (χ0v) is 16.0. The number of rotatable bonds is 4. The largest absolute Gasteiger partial charge is 0.431 e. The van der Waals surface area contributed by atoms with Crippen molar-refractivity contribution < 1.29 is 9.53 Å². The van der Waals surface area contributed by atoms with E-state index < -0.39 is 0 Å². The van der Waals surface area contributed by atoms with E-state index in [1.54, 1.807) is 6.20 Å². The lowest BCUT2D eigenvalue weighted by molar-refractivity contribution is 0.0747. The van der Waals surface area contributed by atoms with Crippen LogP contribution in [-0.4, -0.2) is 42.0 Å². The van der Waals surface area contributed by atoms with Gasteiger partial charge in [-0.25, -0.2) is 4.98 Å². The summed E-state index contributed by atoms with van der Waals surface area (Å²) in [6.07, 6.45) is 1.70. The standard InChI is InChI=1S/C21H21N3O2S/c1-16-3-2-4-18(15-16)23-10-12-24(13-11-23)20(25)17-5-7-19(8-6-17)26-21-22-9-14-27-21/h2-9,14-15H,10-13H2,1H3. The predicted molar refractivity (Wildman–Crippen MR) is 108 cm³/mol. The summed E-state index contributed by atoms with van der Waals surface area (Å²) < 4.78 is 5.65. The molecule has 1 aromatic heterocycles. The lowest BCUT2D eigenvalue weighted by atomic mass is 10.1. The number of amides is 1. The van der Waals surface area contributed by atoms with Crippen molar-refractivity contribution >= 4 is 22.9 Å². The summed E-state index contributed by atoms with van der Waals surface area (Å²) in [5.74, 6) is 0.755. The van der Waals surface area contributed by atoms with E-state index in [0.717, 1.165) is 26.2 Å². The molecule has 2 heterocycles. The van der Waals surface area contributed by atoms with Crippen molar-refractivity contribution in [3.05, 3.63) is 71.2 Å². The zero-order chi connectivity index (χ0) is 18.6. The summed E-state index contributed by atoms with van der Waals surface area (Å²) in [4.78, 5) is 21.1. The lowest BCUT2D eigenvalue weighted by Crippen LogP contribution is -2.48. The second kappa shape index (κ2) is 7.80. The number of carbonyl (C=O) groups excluding carboxylic acids is 1. The Balaban J connectivity index is 1.36. The van der Waals surface area contributed by atoms with Gasteiger partial charge in [-0.15, -0.1) is 0 Å². The van der Waals surface area contributed by atoms with Crippen LogP contribution < -0.4 is 9.64 Å². The predicted octanol–water partition coefficient (Wildman–Crippen LogP) is 4.21. The van der Waals surface area contributed by atoms with Crippen molar-refractivity contribution in [2.45, 2.75) is 6.92 Å². The lowest BCUT2D eigenvalue weighted by Gasteiger charge is -2.36. The number of anilines is 1. The minimum atomic E-state index is 0.0692. The second-order valence-electron chi connectivity index (χ2n) is 6.54. The van der Waals surface area contributed by atoms with E-state index in [1.807, 2.05) is 34.5 Å². The number of aromatic nitrogens is 1. The fraction of sp³-hybridized carbons (Fsp3) is 0.238. The van der Waals surface area contributed by atoms with Crippen molar-refractivity contribution in [1.82, 2.24) is 9.88 Å². The molecule has 2 aromatic carbocycles. The summed E-state index contributed by atoms with van der Waals surface area (Å²) >= 11 is 1.44. The molecule has 4 rings (SSSR count). The summed E-state index contributed by atoms with van der Waals surface area (Å²) in [5.41, 5.74) is 3.17. The molecule has 1 fully saturated rings. The van der Waals surface area contributed by atoms with Gasteiger partial charge in [-0.3, -0.25) is 4.79 Å². The molecule has 27 heavy (non-hydrogen) atoms. The minimum absolute atomic E-state index is 0.0692. The third kappa shape index (κ3) is 4.11. The molecule has 1 amide bonds. The Morgan fingerprint density at radius 1 is 1.07 bits per heavy atom. The molecule has 6 heteroatoms. The van der Waals surface area contributed by atoms with Gasteiger partial charge in [0.2, 0.25) is 0 Å². The molecule has 3 aromatic rings. The third-order valence-electron chi connectivity index (χ3n) is 4.65. The first-order valence-electron chi connectivity index (χ1n) is 8.97. The SMILES string of the molecule is Cc1cccc(N2CCN(C(=O)c3ccc(Oc4nccs4)cc3)CC2)c1. The molecule has 0 N–H and O–H groups in total. The number of aryl methyl sites for hydroxylation is 1. The number of nitrogens with zero attached hydrogens (tertiary/aromatic N) is 3. The van der Waals surface area contributed by atoms with Gasteiger partial charge in [0.05, 0.1) is 0 Å². The first kappa shape index (κ1) is 17.5. The average molecular weight is 379 g/mol. The number of hydrogen-bond acceptors (Lipinski definition) is 5. The fourth-order valence-corrected chi connectivity index (χ4v) is 3.71. The van der Waals surface area contributed by atoms with E-state index in [-0.39, 0.29) is 5.91 Å². The van der Waals surface area contributed by atoms with Crippen LogP contribution >= 0.6 is 11.3 Å². The van der Waals surface area contributed by atoms with Gasteiger partial charge in [-0.1, -0.05) is 23.5 Å². The van der Waals surface area contributed by atoms with Gasteiger partial charge in [0, 0.05) is 49.0 Å². The van der Waals surface area contributed by atoms with Crippen LogP contribution in [0, 0.1) is 6.92 Å². The number of benzene rings is 2. The maximum absolute atomic E-state index is 12.8. The van der Waals surface area contributed by atoms with E-state index in [4.69, 9.17) is 4.74 Å². The summed E-state index contributed by atoms with van der Waals surface area (Å²) in [7, 11) is 0. The Morgan fingerprint density at radius 3 is 2.52 bits per heavy atom. The van der Waals surface area contributed by atoms with Gasteiger partial charge in [-0.05, 0) is 48.9 Å². The van der Waals surface area contributed by atoms with Gasteiger partial charge in [0.1, 0.15) is 5.75 Å². The first-order chi connectivity index (χ1) is 13.2. The average Bonchev–Trinajstić information content (AvgIpc) is 3.21. The molecule has 5 nitrogen and oxygen atoms in total. The summed E-state index contributed by atoms with van der Waals surface area (Å²) in [6.45, 7) is 5.25. The normalized spacial score (nSPS) is 14.3. The van der Waals surface area contributed by atoms with E-state index in [9.17, 15) is 4.79 Å². The Bertz CT molecular complexity index is 901. The molecule has 1 saturated heterocycles. The smallest absolute Gasteiger partial charge is 0.278 e. The van der Waals surface area contributed by atoms with Crippen molar-refractivity contribution in [3.63, 3.8) is 0 Å². The highest BCUT2D eigenvalue weighted by molar-refractivity contribution is 7.11. The first-order valence-corrected chi connectivity index (χ1v) is 9.85. The van der Waals surface area contributed by atoms with Crippen LogP contribution in [-0.2, 0) is 0 Å². The van der Waals surface area contributed by atoms with E-state index in [1.165, 1.54) is 22.6 Å². The van der Waals surface area contributed by atoms with E-state index in [0.29, 0.717) is 16.5 Å². The molecule has 0 saturated carbocycles. The van der Waals surface area contributed by atoms with Gasteiger partial charge in [0.25, 0.3) is 11.1 Å². The number of ether oxygens (including phenoxy) is 1. The second-order valence-corrected chi connectivity index (χ2v) is 7.40. The summed E-state index contributed by atoms with van der Waals surface area (Å²) in [6, 6.07) is 15.8. The molecule has 0 unspecified atom stereocenters. The van der Waals surface area contributed by atoms with Crippen LogP contribution in [0.4, 0.5) is 5.69 Å². The molecule has 0 radical (unpaired) electrons. The molecular formula is C21H21N3O2S. The van der Waals surface area contributed by atoms with Crippen molar-refractivity contribution in [3.8, 4) is 10.9 Å². The molecule has 1 aliphatic rings. The quantitative estimate of drug-likeness (QED) is 0.681. The molecule has 0 spiro atoms. The van der Waals surface area contributed by atoms with Gasteiger partial charge >= 0.3 is 0 Å². The number of carbonyl (C=O) groups is 1. The maximum atomic E-state index is 12.8. The van der Waals surface area contributed by atoms with Crippen molar-refractivity contribution in [1.29, 1.82) is 0 Å². The number of thiazole rings is 1. The highest BCUT2D eigenvalue weighted by atomic mass is 32.1. The van der Waals surface area contributed by atoms with Crippen LogP contribution in [0.15, 0.2) is 60.1 Å². The maximum Gasteiger partial charge on any atom is 0.278 e. The summed E-state index contributed by atoms with van der Waals surface area (Å²) in [5, 5.41) is 2.46. The highest BCUT2D eigenvalue weighted by Gasteiger charge is 2.22. The Labute approximate surface area is 162 Å². The number of hydrogen-bond donors (Lipinski definition) is 0. The Kier molecular flexibility index (Phi) is 5.07. The van der Waals surface area contributed by atoms with Crippen LogP contribution in [0.25, 0.3) is 0 Å². The van der Waals surface area contributed by atoms with Crippen molar-refractivity contribution in [2.24, 2.45) is 0 Å². The van der Waals surface area contributed by atoms with Crippen LogP contribution in [0.3, 0.4) is 0 Å². The molecule has 138 valence electrons. The van der Waals surface area contributed by atoms with Crippen LogP contribution in [0.2, 0.25) is 0 Å². The Hall–Kier alpha value is -2.86. The number of piperazine rings is 1. The van der Waals surface area contributed by atoms with Crippen molar-refractivity contribution in [2.75, 3.05) is 31.1 Å². The van der Waals surface area contributed by atoms with Crippen LogP contribution in [0.5, 0.6) is 10.9 Å². The highest BCUT2D eigenvalue weighted by Crippen LogP contribution is 2.24. The molecule has 0 bridgehead atoms. The van der Waals surface area contributed by atoms with Gasteiger partial charge in [0.15, 0.2) is 0 Å². The van der Waals surface area contributed by atoms with E-state index in [2.05, 4.69) is 41.1 Å². The third-order valence-corrected chi connectivity index (χ3v) is 5.30. The molecule has 0 aliphatic carbocycles. The van der Waals surface area contributed by atoms with E-state index >= 15 is 0 Å². The molecular weight excluding hydrogens is 358 g/mol. The van der Waals surface area contributed by atoms with Crippen LogP contribution in [0.1, 0.15) is 15.9 Å².